The molecule has 0 bridgehead atoms. The number of carbonyl (C=O) groups is 1. The highest BCUT2D eigenvalue weighted by molar-refractivity contribution is 7.80. The summed E-state index contributed by atoms with van der Waals surface area (Å²) in [6.45, 7) is 3.99. The average molecular weight is 304 g/mol. The molecule has 1 aliphatic rings. The molecule has 1 fully saturated rings. The summed E-state index contributed by atoms with van der Waals surface area (Å²) in [7, 11) is 0. The number of rotatable bonds is 3. The van der Waals surface area contributed by atoms with E-state index in [0.29, 0.717) is 10.6 Å². The summed E-state index contributed by atoms with van der Waals surface area (Å²) in [6.07, 6.45) is 6.18. The van der Waals surface area contributed by atoms with E-state index >= 15 is 0 Å². The molecule has 1 aromatic rings. The summed E-state index contributed by atoms with van der Waals surface area (Å²) in [5.74, 6) is -0.0674. The summed E-state index contributed by atoms with van der Waals surface area (Å²) in [4.78, 5) is 13.1. The topological polar surface area (TPSA) is 55.1 Å². The molecule has 0 aliphatic heterocycles. The van der Waals surface area contributed by atoms with Gasteiger partial charge in [-0.2, -0.15) is 0 Å². The highest BCUT2D eigenvalue weighted by Gasteiger charge is 2.35. The van der Waals surface area contributed by atoms with Gasteiger partial charge >= 0.3 is 0 Å². The number of hydrogen-bond acceptors (Lipinski definition) is 2. The molecule has 4 heteroatoms. The van der Waals surface area contributed by atoms with Gasteiger partial charge in [0.15, 0.2) is 0 Å². The van der Waals surface area contributed by atoms with Crippen molar-refractivity contribution in [2.45, 2.75) is 57.9 Å². The fourth-order valence-electron chi connectivity index (χ4n) is 3.12. The number of amides is 1. The summed E-state index contributed by atoms with van der Waals surface area (Å²) < 4.78 is 0. The molecule has 1 aliphatic carbocycles. The van der Waals surface area contributed by atoms with Gasteiger partial charge in [0.25, 0.3) is 5.91 Å². The molecular weight excluding hydrogens is 280 g/mol. The lowest BCUT2D eigenvalue weighted by Gasteiger charge is -2.33. The molecule has 3 N–H and O–H groups in total. The van der Waals surface area contributed by atoms with Crippen LogP contribution in [0.15, 0.2) is 18.2 Å². The van der Waals surface area contributed by atoms with E-state index in [0.717, 1.165) is 36.8 Å². The van der Waals surface area contributed by atoms with E-state index < -0.39 is 5.54 Å². The first-order valence-corrected chi connectivity index (χ1v) is 8.05. The molecule has 114 valence electrons. The highest BCUT2D eigenvalue weighted by Crippen LogP contribution is 2.28. The van der Waals surface area contributed by atoms with Crippen LogP contribution in [0.25, 0.3) is 0 Å². The van der Waals surface area contributed by atoms with Gasteiger partial charge in [0, 0.05) is 5.56 Å². The lowest BCUT2D eigenvalue weighted by molar-refractivity contribution is 0.0917. The predicted molar refractivity (Wildman–Crippen MR) is 90.6 cm³/mol. The molecule has 21 heavy (non-hydrogen) atoms. The Labute approximate surface area is 132 Å². The normalized spacial score (nSPS) is 17.8. The number of hydrogen-bond donors (Lipinski definition) is 2. The van der Waals surface area contributed by atoms with Crippen molar-refractivity contribution in [3.8, 4) is 0 Å². The van der Waals surface area contributed by atoms with E-state index in [1.54, 1.807) is 0 Å². The molecule has 0 spiro atoms. The standard InChI is InChI=1S/C17H24N2OS/c1-12-7-8-14(13(2)11-12)15(20)19-17(16(18)21)9-5-3-4-6-10-17/h7-8,11H,3-6,9-10H2,1-2H3,(H2,18,21)(H,19,20). The number of carbonyl (C=O) groups excluding carboxylic acids is 1. The molecule has 0 heterocycles. The van der Waals surface area contributed by atoms with Gasteiger partial charge in [0.05, 0.1) is 10.5 Å². The summed E-state index contributed by atoms with van der Waals surface area (Å²) in [5.41, 5.74) is 8.31. The fourth-order valence-corrected chi connectivity index (χ4v) is 3.37. The van der Waals surface area contributed by atoms with E-state index in [1.165, 1.54) is 12.8 Å². The second-order valence-corrected chi connectivity index (χ2v) is 6.57. The van der Waals surface area contributed by atoms with E-state index in [9.17, 15) is 4.79 Å². The molecule has 3 nitrogen and oxygen atoms in total. The number of nitrogens with two attached hydrogens (primary N) is 1. The minimum absolute atomic E-state index is 0.0674. The van der Waals surface area contributed by atoms with E-state index in [4.69, 9.17) is 18.0 Å². The lowest BCUT2D eigenvalue weighted by Crippen LogP contribution is -2.56. The molecule has 1 aromatic carbocycles. The van der Waals surface area contributed by atoms with Crippen LogP contribution in [0.5, 0.6) is 0 Å². The minimum atomic E-state index is -0.514. The Morgan fingerprint density at radius 3 is 2.33 bits per heavy atom. The monoisotopic (exact) mass is 304 g/mol. The van der Waals surface area contributed by atoms with E-state index in [1.807, 2.05) is 32.0 Å². The summed E-state index contributed by atoms with van der Waals surface area (Å²) >= 11 is 5.27. The van der Waals surface area contributed by atoms with Gasteiger partial charge in [-0.3, -0.25) is 4.79 Å². The third-order valence-corrected chi connectivity index (χ3v) is 4.80. The molecule has 1 saturated carbocycles. The summed E-state index contributed by atoms with van der Waals surface area (Å²) in [6, 6.07) is 5.86. The third-order valence-electron chi connectivity index (χ3n) is 4.41. The maximum atomic E-state index is 12.6. The quantitative estimate of drug-likeness (QED) is 0.664. The first-order chi connectivity index (χ1) is 9.94. The van der Waals surface area contributed by atoms with Gasteiger partial charge in [-0.15, -0.1) is 0 Å². The van der Waals surface area contributed by atoms with Gasteiger partial charge in [-0.25, -0.2) is 0 Å². The largest absolute Gasteiger partial charge is 0.391 e. The number of benzene rings is 1. The average Bonchev–Trinajstić information content (AvgIpc) is 2.65. The fraction of sp³-hybridized carbons (Fsp3) is 0.529. The number of nitrogens with one attached hydrogen (secondary N) is 1. The van der Waals surface area contributed by atoms with Crippen molar-refractivity contribution in [3.05, 3.63) is 34.9 Å². The van der Waals surface area contributed by atoms with Crippen LogP contribution in [0.3, 0.4) is 0 Å². The lowest BCUT2D eigenvalue weighted by atomic mass is 9.89. The molecule has 0 atom stereocenters. The molecule has 0 unspecified atom stereocenters. The van der Waals surface area contributed by atoms with Crippen molar-refractivity contribution < 1.29 is 4.79 Å². The van der Waals surface area contributed by atoms with Crippen molar-refractivity contribution in [3.63, 3.8) is 0 Å². The second kappa shape index (κ2) is 6.56. The van der Waals surface area contributed by atoms with Gasteiger partial charge in [0.1, 0.15) is 0 Å². The zero-order valence-corrected chi connectivity index (χ0v) is 13.7. The van der Waals surface area contributed by atoms with Crippen molar-refractivity contribution in [2.24, 2.45) is 5.73 Å². The first-order valence-electron chi connectivity index (χ1n) is 7.64. The van der Waals surface area contributed by atoms with Gasteiger partial charge in [0.2, 0.25) is 0 Å². The molecule has 2 rings (SSSR count). The maximum Gasteiger partial charge on any atom is 0.252 e. The van der Waals surface area contributed by atoms with Crippen LogP contribution in [0.2, 0.25) is 0 Å². The van der Waals surface area contributed by atoms with Crippen molar-refractivity contribution in [2.75, 3.05) is 0 Å². The third kappa shape index (κ3) is 3.62. The Kier molecular flexibility index (Phi) is 4.99. The van der Waals surface area contributed by atoms with E-state index in [2.05, 4.69) is 5.32 Å². The maximum absolute atomic E-state index is 12.6. The Hall–Kier alpha value is -1.42. The van der Waals surface area contributed by atoms with Crippen molar-refractivity contribution in [1.82, 2.24) is 5.32 Å². The van der Waals surface area contributed by atoms with E-state index in [-0.39, 0.29) is 5.91 Å². The minimum Gasteiger partial charge on any atom is -0.391 e. The molecular formula is C17H24N2OS. The second-order valence-electron chi connectivity index (χ2n) is 6.13. The van der Waals surface area contributed by atoms with Crippen LogP contribution in [0.1, 0.15) is 60.0 Å². The smallest absolute Gasteiger partial charge is 0.252 e. The molecule has 1 amide bonds. The molecule has 0 saturated heterocycles. The Balaban J connectivity index is 2.24. The summed E-state index contributed by atoms with van der Waals surface area (Å²) in [5, 5.41) is 3.14. The number of thiocarbonyl (C=S) groups is 1. The zero-order chi connectivity index (χ0) is 15.5. The molecule has 0 aromatic heterocycles. The van der Waals surface area contributed by atoms with Gasteiger partial charge in [-0.1, -0.05) is 55.6 Å². The first kappa shape index (κ1) is 16.0. The Bertz CT molecular complexity index is 546. The highest BCUT2D eigenvalue weighted by atomic mass is 32.1. The van der Waals surface area contributed by atoms with Gasteiger partial charge in [-0.05, 0) is 38.3 Å². The van der Waals surface area contributed by atoms with Crippen LogP contribution in [0.4, 0.5) is 0 Å². The van der Waals surface area contributed by atoms with Crippen molar-refractivity contribution >= 4 is 23.1 Å². The van der Waals surface area contributed by atoms with Gasteiger partial charge < -0.3 is 11.1 Å². The van der Waals surface area contributed by atoms with Crippen LogP contribution < -0.4 is 11.1 Å². The predicted octanol–water partition coefficient (Wildman–Crippen LogP) is 3.41. The van der Waals surface area contributed by atoms with Crippen LogP contribution >= 0.6 is 12.2 Å². The van der Waals surface area contributed by atoms with Crippen LogP contribution in [-0.4, -0.2) is 16.4 Å². The Morgan fingerprint density at radius 1 is 1.19 bits per heavy atom. The Morgan fingerprint density at radius 2 is 1.81 bits per heavy atom. The van der Waals surface area contributed by atoms with Crippen LogP contribution in [0, 0.1) is 13.8 Å². The van der Waals surface area contributed by atoms with Crippen LogP contribution in [-0.2, 0) is 0 Å². The van der Waals surface area contributed by atoms with Crippen molar-refractivity contribution in [1.29, 1.82) is 0 Å². The SMILES string of the molecule is Cc1ccc(C(=O)NC2(C(N)=S)CCCCCC2)c(C)c1. The molecule has 0 radical (unpaired) electrons. The number of aryl methyl sites for hydroxylation is 2. The zero-order valence-electron chi connectivity index (χ0n) is 12.9.